The lowest BCUT2D eigenvalue weighted by molar-refractivity contribution is 0.141. The first-order chi connectivity index (χ1) is 8.72. The topological polar surface area (TPSA) is 70.4 Å². The van der Waals surface area contributed by atoms with Crippen LogP contribution in [0.1, 0.15) is 25.7 Å². The average molecular weight is 252 g/mol. The number of hydrogen-bond donors (Lipinski definition) is 2. The number of aliphatic hydroxyl groups is 1. The van der Waals surface area contributed by atoms with Crippen molar-refractivity contribution < 1.29 is 9.90 Å². The Hall–Kier alpha value is -1.56. The smallest absolute Gasteiger partial charge is 0.323 e. The third-order valence-electron chi connectivity index (χ3n) is 3.41. The van der Waals surface area contributed by atoms with Crippen LogP contribution in [-0.2, 0) is 7.05 Å². The van der Waals surface area contributed by atoms with Gasteiger partial charge in [-0.1, -0.05) is 0 Å². The van der Waals surface area contributed by atoms with E-state index in [0.717, 1.165) is 25.8 Å². The van der Waals surface area contributed by atoms with E-state index in [0.29, 0.717) is 12.2 Å². The molecule has 1 aliphatic heterocycles. The molecule has 2 N–H and O–H groups in total. The van der Waals surface area contributed by atoms with Crippen LogP contribution in [0.3, 0.4) is 0 Å². The minimum atomic E-state index is -0.100. The summed E-state index contributed by atoms with van der Waals surface area (Å²) in [6.07, 6.45) is 5.43. The average Bonchev–Trinajstić information content (AvgIpc) is 2.76. The molecule has 1 atom stereocenters. The fraction of sp³-hybridized carbons (Fsp3) is 0.667. The number of urea groups is 1. The molecule has 0 radical (unpaired) electrons. The Morgan fingerprint density at radius 2 is 2.44 bits per heavy atom. The minimum Gasteiger partial charge on any atom is -0.396 e. The number of piperidine rings is 1. The van der Waals surface area contributed by atoms with Crippen molar-refractivity contribution in [1.29, 1.82) is 0 Å². The molecule has 100 valence electrons. The van der Waals surface area contributed by atoms with E-state index in [-0.39, 0.29) is 18.7 Å². The van der Waals surface area contributed by atoms with E-state index < -0.39 is 0 Å². The second-order valence-electron chi connectivity index (χ2n) is 4.63. The molecule has 6 heteroatoms. The van der Waals surface area contributed by atoms with Gasteiger partial charge in [0.15, 0.2) is 0 Å². The zero-order chi connectivity index (χ0) is 13.0. The standard InChI is InChI=1S/C12H20N4O2/c1-15-11(5-7-13-15)14-12(18)16-8-3-2-4-10(16)6-9-17/h5,7,10,17H,2-4,6,8-9H2,1H3,(H,14,18). The van der Waals surface area contributed by atoms with Gasteiger partial charge in [-0.2, -0.15) is 5.10 Å². The Morgan fingerprint density at radius 1 is 1.61 bits per heavy atom. The van der Waals surface area contributed by atoms with Crippen LogP contribution in [0.4, 0.5) is 10.6 Å². The van der Waals surface area contributed by atoms with Crippen molar-refractivity contribution in [3.63, 3.8) is 0 Å². The number of amides is 2. The van der Waals surface area contributed by atoms with E-state index in [1.807, 2.05) is 4.90 Å². The maximum absolute atomic E-state index is 12.2. The van der Waals surface area contributed by atoms with Crippen LogP contribution >= 0.6 is 0 Å². The van der Waals surface area contributed by atoms with E-state index in [1.54, 1.807) is 24.0 Å². The van der Waals surface area contributed by atoms with Crippen LogP contribution in [0.2, 0.25) is 0 Å². The number of anilines is 1. The number of rotatable bonds is 3. The largest absolute Gasteiger partial charge is 0.396 e. The molecule has 1 aliphatic rings. The molecule has 1 aromatic rings. The van der Waals surface area contributed by atoms with Crippen molar-refractivity contribution in [3.8, 4) is 0 Å². The summed E-state index contributed by atoms with van der Waals surface area (Å²) in [5.74, 6) is 0.688. The van der Waals surface area contributed by atoms with Gasteiger partial charge in [0.1, 0.15) is 5.82 Å². The number of hydrogen-bond acceptors (Lipinski definition) is 3. The van der Waals surface area contributed by atoms with Gasteiger partial charge >= 0.3 is 6.03 Å². The second-order valence-corrected chi connectivity index (χ2v) is 4.63. The number of aliphatic hydroxyl groups excluding tert-OH is 1. The maximum atomic E-state index is 12.2. The lowest BCUT2D eigenvalue weighted by Crippen LogP contribution is -2.46. The van der Waals surface area contributed by atoms with E-state index in [1.165, 1.54) is 0 Å². The van der Waals surface area contributed by atoms with Gasteiger partial charge in [0.05, 0.1) is 6.20 Å². The van der Waals surface area contributed by atoms with Crippen molar-refractivity contribution in [3.05, 3.63) is 12.3 Å². The second kappa shape index (κ2) is 5.86. The van der Waals surface area contributed by atoms with Crippen molar-refractivity contribution in [2.75, 3.05) is 18.5 Å². The highest BCUT2D eigenvalue weighted by molar-refractivity contribution is 5.88. The molecule has 0 bridgehead atoms. The molecule has 0 aromatic carbocycles. The fourth-order valence-corrected chi connectivity index (χ4v) is 2.40. The molecule has 2 rings (SSSR count). The molecule has 2 amide bonds. The Labute approximate surface area is 107 Å². The van der Waals surface area contributed by atoms with Gasteiger partial charge in [0.2, 0.25) is 0 Å². The van der Waals surface area contributed by atoms with E-state index in [9.17, 15) is 4.79 Å². The SMILES string of the molecule is Cn1nccc1NC(=O)N1CCCCC1CCO. The number of carbonyl (C=O) groups is 1. The number of carbonyl (C=O) groups excluding carboxylic acids is 1. The van der Waals surface area contributed by atoms with Crippen LogP contribution in [0.25, 0.3) is 0 Å². The van der Waals surface area contributed by atoms with Crippen molar-refractivity contribution >= 4 is 11.8 Å². The molecule has 1 unspecified atom stereocenters. The summed E-state index contributed by atoms with van der Waals surface area (Å²) in [5.41, 5.74) is 0. The number of nitrogens with zero attached hydrogens (tertiary/aromatic N) is 3. The van der Waals surface area contributed by atoms with Crippen LogP contribution in [0.5, 0.6) is 0 Å². The third kappa shape index (κ3) is 2.81. The first kappa shape index (κ1) is 12.9. The summed E-state index contributed by atoms with van der Waals surface area (Å²) in [5, 5.41) is 15.9. The third-order valence-corrected chi connectivity index (χ3v) is 3.41. The first-order valence-corrected chi connectivity index (χ1v) is 6.39. The van der Waals surface area contributed by atoms with Gasteiger partial charge in [-0.25, -0.2) is 4.79 Å². The van der Waals surface area contributed by atoms with Gasteiger partial charge in [-0.05, 0) is 25.7 Å². The Bertz CT molecular complexity index is 403. The molecular weight excluding hydrogens is 232 g/mol. The predicted octanol–water partition coefficient (Wildman–Crippen LogP) is 1.19. The highest BCUT2D eigenvalue weighted by atomic mass is 16.3. The van der Waals surface area contributed by atoms with Gasteiger partial charge < -0.3 is 10.0 Å². The molecule has 18 heavy (non-hydrogen) atoms. The monoisotopic (exact) mass is 252 g/mol. The molecule has 1 fully saturated rings. The highest BCUT2D eigenvalue weighted by Crippen LogP contribution is 2.20. The number of aryl methyl sites for hydroxylation is 1. The van der Waals surface area contributed by atoms with E-state index in [2.05, 4.69) is 10.4 Å². The summed E-state index contributed by atoms with van der Waals surface area (Å²) >= 11 is 0. The zero-order valence-electron chi connectivity index (χ0n) is 10.7. The molecular formula is C12H20N4O2. The van der Waals surface area contributed by atoms with Gasteiger partial charge in [0.25, 0.3) is 0 Å². The lowest BCUT2D eigenvalue weighted by Gasteiger charge is -2.35. The van der Waals surface area contributed by atoms with Gasteiger partial charge in [-0.15, -0.1) is 0 Å². The molecule has 0 spiro atoms. The molecule has 6 nitrogen and oxygen atoms in total. The fourth-order valence-electron chi connectivity index (χ4n) is 2.40. The van der Waals surface area contributed by atoms with Crippen molar-refractivity contribution in [1.82, 2.24) is 14.7 Å². The lowest BCUT2D eigenvalue weighted by atomic mass is 10.0. The van der Waals surface area contributed by atoms with E-state index >= 15 is 0 Å². The summed E-state index contributed by atoms with van der Waals surface area (Å²) < 4.78 is 1.63. The Balaban J connectivity index is 2.00. The summed E-state index contributed by atoms with van der Waals surface area (Å²) in [7, 11) is 1.79. The summed E-state index contributed by atoms with van der Waals surface area (Å²) in [4.78, 5) is 14.0. The molecule has 0 aliphatic carbocycles. The van der Waals surface area contributed by atoms with Crippen molar-refractivity contribution in [2.45, 2.75) is 31.7 Å². The minimum absolute atomic E-state index is 0.100. The van der Waals surface area contributed by atoms with Gasteiger partial charge in [0, 0.05) is 32.3 Å². The Kier molecular flexibility index (Phi) is 4.19. The zero-order valence-corrected chi connectivity index (χ0v) is 10.7. The number of likely N-dealkylation sites (tertiary alicyclic amines) is 1. The molecule has 1 aromatic heterocycles. The maximum Gasteiger partial charge on any atom is 0.323 e. The van der Waals surface area contributed by atoms with Crippen LogP contribution in [0, 0.1) is 0 Å². The number of aromatic nitrogens is 2. The van der Waals surface area contributed by atoms with E-state index in [4.69, 9.17) is 5.11 Å². The van der Waals surface area contributed by atoms with Crippen LogP contribution in [-0.4, -0.2) is 45.0 Å². The van der Waals surface area contributed by atoms with Gasteiger partial charge in [-0.3, -0.25) is 10.00 Å². The van der Waals surface area contributed by atoms with Crippen LogP contribution < -0.4 is 5.32 Å². The molecule has 0 saturated carbocycles. The number of nitrogens with one attached hydrogen (secondary N) is 1. The Morgan fingerprint density at radius 3 is 3.11 bits per heavy atom. The first-order valence-electron chi connectivity index (χ1n) is 6.39. The predicted molar refractivity (Wildman–Crippen MR) is 68.3 cm³/mol. The summed E-state index contributed by atoms with van der Waals surface area (Å²) in [6, 6.07) is 1.82. The quantitative estimate of drug-likeness (QED) is 0.849. The molecule has 2 heterocycles. The highest BCUT2D eigenvalue weighted by Gasteiger charge is 2.26. The normalized spacial score (nSPS) is 19.9. The molecule has 1 saturated heterocycles. The van der Waals surface area contributed by atoms with Crippen LogP contribution in [0.15, 0.2) is 12.3 Å². The van der Waals surface area contributed by atoms with Crippen molar-refractivity contribution in [2.24, 2.45) is 7.05 Å². The summed E-state index contributed by atoms with van der Waals surface area (Å²) in [6.45, 7) is 0.883.